The Morgan fingerprint density at radius 1 is 0.971 bits per heavy atom. The molecule has 2 saturated carbocycles. The second-order valence-corrected chi connectivity index (χ2v) is 11.5. The number of fused-ring (bicyclic) bond motifs is 1. The fraction of sp³-hybridized carbons (Fsp3) is 0.562. The Labute approximate surface area is 210 Å². The molecule has 2 fully saturated rings. The van der Waals surface area contributed by atoms with Crippen molar-refractivity contribution < 1.29 is 9.21 Å². The lowest BCUT2D eigenvalue weighted by Crippen LogP contribution is -2.30. The highest BCUT2D eigenvalue weighted by Crippen LogP contribution is 2.43. The minimum atomic E-state index is 0.0248. The van der Waals surface area contributed by atoms with Crippen LogP contribution in [0.2, 0.25) is 0 Å². The Morgan fingerprint density at radius 3 is 2.57 bits per heavy atom. The second kappa shape index (κ2) is 11.1. The molecule has 0 bridgehead atoms. The SMILES string of the molecule is CCC1CCCC(CCC(=O)CC2(Cc3nc4cc(-c5ccccc5)ccc4o3)CCCCC2)C1. The van der Waals surface area contributed by atoms with Crippen LogP contribution in [0, 0.1) is 17.3 Å². The molecule has 0 aliphatic heterocycles. The zero-order valence-corrected chi connectivity index (χ0v) is 21.4. The number of nitrogens with zero attached hydrogens (tertiary/aromatic N) is 1. The molecular weight excluding hydrogens is 430 g/mol. The summed E-state index contributed by atoms with van der Waals surface area (Å²) >= 11 is 0. The van der Waals surface area contributed by atoms with E-state index in [0.29, 0.717) is 12.2 Å². The quantitative estimate of drug-likeness (QED) is 0.313. The van der Waals surface area contributed by atoms with Gasteiger partial charge in [0, 0.05) is 19.3 Å². The summed E-state index contributed by atoms with van der Waals surface area (Å²) in [6.07, 6.45) is 16.0. The molecule has 2 unspecified atom stereocenters. The fourth-order valence-electron chi connectivity index (χ4n) is 6.81. The van der Waals surface area contributed by atoms with Crippen molar-refractivity contribution in [3.8, 4) is 11.1 Å². The third-order valence-electron chi connectivity index (χ3n) is 8.85. The number of oxazole rings is 1. The molecule has 3 nitrogen and oxygen atoms in total. The van der Waals surface area contributed by atoms with Gasteiger partial charge in [0.05, 0.1) is 0 Å². The maximum atomic E-state index is 13.2. The van der Waals surface area contributed by atoms with Crippen molar-refractivity contribution in [1.29, 1.82) is 0 Å². The van der Waals surface area contributed by atoms with Crippen LogP contribution in [0.4, 0.5) is 0 Å². The number of benzene rings is 2. The maximum absolute atomic E-state index is 13.2. The van der Waals surface area contributed by atoms with Crippen molar-refractivity contribution in [3.05, 3.63) is 54.4 Å². The van der Waals surface area contributed by atoms with Gasteiger partial charge in [0.25, 0.3) is 0 Å². The Balaban J connectivity index is 1.26. The molecule has 1 aromatic heterocycles. The molecule has 35 heavy (non-hydrogen) atoms. The summed E-state index contributed by atoms with van der Waals surface area (Å²) in [5, 5.41) is 0. The molecule has 0 saturated heterocycles. The van der Waals surface area contributed by atoms with E-state index in [1.807, 2.05) is 12.1 Å². The third kappa shape index (κ3) is 6.05. The van der Waals surface area contributed by atoms with Gasteiger partial charge >= 0.3 is 0 Å². The molecule has 0 amide bonds. The van der Waals surface area contributed by atoms with Gasteiger partial charge < -0.3 is 4.42 Å². The van der Waals surface area contributed by atoms with Crippen LogP contribution >= 0.6 is 0 Å². The summed E-state index contributed by atoms with van der Waals surface area (Å²) in [6.45, 7) is 2.32. The summed E-state index contributed by atoms with van der Waals surface area (Å²) in [5.41, 5.74) is 4.14. The topological polar surface area (TPSA) is 43.1 Å². The van der Waals surface area contributed by atoms with Gasteiger partial charge in [-0.05, 0) is 66.2 Å². The summed E-state index contributed by atoms with van der Waals surface area (Å²) < 4.78 is 6.23. The average molecular weight is 472 g/mol. The molecule has 0 spiro atoms. The van der Waals surface area contributed by atoms with Gasteiger partial charge in [-0.3, -0.25) is 4.79 Å². The zero-order chi connectivity index (χ0) is 24.1. The molecule has 0 N–H and O–H groups in total. The van der Waals surface area contributed by atoms with Crippen LogP contribution in [0.1, 0.15) is 96.3 Å². The van der Waals surface area contributed by atoms with Crippen LogP contribution in [0.3, 0.4) is 0 Å². The van der Waals surface area contributed by atoms with Crippen LogP contribution in [-0.4, -0.2) is 10.8 Å². The van der Waals surface area contributed by atoms with Crippen molar-refractivity contribution in [2.75, 3.05) is 0 Å². The highest BCUT2D eigenvalue weighted by Gasteiger charge is 2.36. The molecule has 3 heteroatoms. The van der Waals surface area contributed by atoms with Gasteiger partial charge in [-0.2, -0.15) is 0 Å². The van der Waals surface area contributed by atoms with Crippen LogP contribution in [0.15, 0.2) is 52.9 Å². The molecule has 2 aliphatic carbocycles. The van der Waals surface area contributed by atoms with Crippen molar-refractivity contribution in [2.45, 2.75) is 96.8 Å². The van der Waals surface area contributed by atoms with E-state index >= 15 is 0 Å². The summed E-state index contributed by atoms with van der Waals surface area (Å²) in [5.74, 6) is 2.91. The normalized spacial score (nSPS) is 22.3. The largest absolute Gasteiger partial charge is 0.441 e. The van der Waals surface area contributed by atoms with Crippen molar-refractivity contribution >= 4 is 16.9 Å². The summed E-state index contributed by atoms with van der Waals surface area (Å²) in [7, 11) is 0. The van der Waals surface area contributed by atoms with E-state index in [1.165, 1.54) is 56.9 Å². The standard InChI is InChI=1S/C32H41NO2/c1-2-24-10-9-11-25(20-24)14-16-28(34)22-32(18-7-4-8-19-32)23-31-33-29-21-27(15-17-30(29)35-31)26-12-5-3-6-13-26/h3,5-6,12-13,15,17,21,24-25H,2,4,7-11,14,16,18-20,22-23H2,1H3. The first-order valence-electron chi connectivity index (χ1n) is 14.1. The number of ketones is 1. The first kappa shape index (κ1) is 24.3. The summed E-state index contributed by atoms with van der Waals surface area (Å²) in [4.78, 5) is 18.1. The molecule has 2 aromatic carbocycles. The first-order valence-corrected chi connectivity index (χ1v) is 14.1. The Bertz CT molecular complexity index is 1110. The Kier molecular flexibility index (Phi) is 7.70. The number of aromatic nitrogens is 1. The molecule has 186 valence electrons. The fourth-order valence-corrected chi connectivity index (χ4v) is 6.81. The second-order valence-electron chi connectivity index (χ2n) is 11.5. The number of hydrogen-bond donors (Lipinski definition) is 0. The highest BCUT2D eigenvalue weighted by atomic mass is 16.3. The third-order valence-corrected chi connectivity index (χ3v) is 8.85. The van der Waals surface area contributed by atoms with Crippen molar-refractivity contribution in [2.24, 2.45) is 17.3 Å². The van der Waals surface area contributed by atoms with E-state index in [9.17, 15) is 4.79 Å². The van der Waals surface area contributed by atoms with Crippen molar-refractivity contribution in [1.82, 2.24) is 4.98 Å². The average Bonchev–Trinajstić information content (AvgIpc) is 3.29. The maximum Gasteiger partial charge on any atom is 0.196 e. The number of hydrogen-bond acceptors (Lipinski definition) is 3. The number of rotatable bonds is 9. The van der Waals surface area contributed by atoms with Gasteiger partial charge in [0.2, 0.25) is 0 Å². The van der Waals surface area contributed by atoms with Crippen molar-refractivity contribution in [3.63, 3.8) is 0 Å². The minimum absolute atomic E-state index is 0.0248. The van der Waals surface area contributed by atoms with Crippen LogP contribution in [0.5, 0.6) is 0 Å². The zero-order valence-electron chi connectivity index (χ0n) is 21.4. The van der Waals surface area contributed by atoms with Crippen LogP contribution in [-0.2, 0) is 11.2 Å². The lowest BCUT2D eigenvalue weighted by atomic mass is 9.68. The van der Waals surface area contributed by atoms with E-state index < -0.39 is 0 Å². The van der Waals surface area contributed by atoms with Gasteiger partial charge in [-0.25, -0.2) is 4.98 Å². The van der Waals surface area contributed by atoms with Gasteiger partial charge in [0.1, 0.15) is 11.3 Å². The lowest BCUT2D eigenvalue weighted by Gasteiger charge is -2.36. The Morgan fingerprint density at radius 2 is 1.77 bits per heavy atom. The minimum Gasteiger partial charge on any atom is -0.441 e. The molecule has 1 heterocycles. The molecular formula is C32H41NO2. The predicted molar refractivity (Wildman–Crippen MR) is 143 cm³/mol. The van der Waals surface area contributed by atoms with E-state index in [2.05, 4.69) is 43.3 Å². The predicted octanol–water partition coefficient (Wildman–Crippen LogP) is 8.94. The Hall–Kier alpha value is -2.42. The van der Waals surface area contributed by atoms with Gasteiger partial charge in [0.15, 0.2) is 11.5 Å². The smallest absolute Gasteiger partial charge is 0.196 e. The number of carbonyl (C=O) groups is 1. The first-order chi connectivity index (χ1) is 17.1. The molecule has 5 rings (SSSR count). The van der Waals surface area contributed by atoms with E-state index in [4.69, 9.17) is 9.40 Å². The number of Topliss-reactive ketones (excluding diaryl/α,β-unsaturated/α-hetero) is 1. The molecule has 3 aromatic rings. The van der Waals surface area contributed by atoms with Crippen LogP contribution in [0.25, 0.3) is 22.2 Å². The van der Waals surface area contributed by atoms with Crippen LogP contribution < -0.4 is 0 Å². The monoisotopic (exact) mass is 471 g/mol. The molecule has 2 aliphatic rings. The van der Waals surface area contributed by atoms with E-state index in [-0.39, 0.29) is 5.41 Å². The van der Waals surface area contributed by atoms with E-state index in [1.54, 1.807) is 0 Å². The number of carbonyl (C=O) groups excluding carboxylic acids is 1. The van der Waals surface area contributed by atoms with Gasteiger partial charge in [-0.1, -0.05) is 88.3 Å². The molecule has 2 atom stereocenters. The highest BCUT2D eigenvalue weighted by molar-refractivity contribution is 5.81. The van der Waals surface area contributed by atoms with Gasteiger partial charge in [-0.15, -0.1) is 0 Å². The summed E-state index contributed by atoms with van der Waals surface area (Å²) in [6, 6.07) is 16.7. The molecule has 0 radical (unpaired) electrons. The lowest BCUT2D eigenvalue weighted by molar-refractivity contribution is -0.122. The van der Waals surface area contributed by atoms with E-state index in [0.717, 1.165) is 66.5 Å².